The minimum Gasteiger partial charge on any atom is -0.496 e. The maximum atomic E-state index is 13.5. The predicted molar refractivity (Wildman–Crippen MR) is 79.5 cm³/mol. The van der Waals surface area contributed by atoms with Gasteiger partial charge in [-0.2, -0.15) is 0 Å². The highest BCUT2D eigenvalue weighted by molar-refractivity contribution is 5.34. The van der Waals surface area contributed by atoms with Crippen molar-refractivity contribution in [3.63, 3.8) is 0 Å². The van der Waals surface area contributed by atoms with Gasteiger partial charge in [-0.1, -0.05) is 13.8 Å². The summed E-state index contributed by atoms with van der Waals surface area (Å²) in [5.41, 5.74) is 0.933. The first kappa shape index (κ1) is 15.3. The van der Waals surface area contributed by atoms with Crippen molar-refractivity contribution < 1.29 is 9.13 Å². The number of halogens is 1. The van der Waals surface area contributed by atoms with Crippen LogP contribution >= 0.6 is 0 Å². The van der Waals surface area contributed by atoms with E-state index in [1.54, 1.807) is 19.2 Å². The smallest absolute Gasteiger partial charge is 0.123 e. The van der Waals surface area contributed by atoms with Gasteiger partial charge in [0.1, 0.15) is 11.6 Å². The monoisotopic (exact) mass is 280 g/mol. The van der Waals surface area contributed by atoms with Crippen LogP contribution in [0.1, 0.15) is 32.3 Å². The van der Waals surface area contributed by atoms with E-state index in [2.05, 4.69) is 24.1 Å². The Kier molecular flexibility index (Phi) is 5.38. The fraction of sp³-hybridized carbons (Fsp3) is 0.625. The van der Waals surface area contributed by atoms with E-state index in [1.165, 1.54) is 6.07 Å². The van der Waals surface area contributed by atoms with Crippen LogP contribution in [0.4, 0.5) is 4.39 Å². The molecule has 0 saturated carbocycles. The Labute approximate surface area is 121 Å². The number of hydrogen-bond acceptors (Lipinski definition) is 3. The van der Waals surface area contributed by atoms with Crippen LogP contribution in [0.3, 0.4) is 0 Å². The van der Waals surface area contributed by atoms with Crippen LogP contribution < -0.4 is 10.1 Å². The lowest BCUT2D eigenvalue weighted by molar-refractivity contribution is 0.116. The number of nitrogens with zero attached hydrogens (tertiary/aromatic N) is 1. The molecule has 20 heavy (non-hydrogen) atoms. The summed E-state index contributed by atoms with van der Waals surface area (Å²) in [6.45, 7) is 7.16. The number of hydrogen-bond donors (Lipinski definition) is 1. The van der Waals surface area contributed by atoms with Crippen LogP contribution in [0.25, 0.3) is 0 Å². The van der Waals surface area contributed by atoms with Gasteiger partial charge in [0.25, 0.3) is 0 Å². The minimum absolute atomic E-state index is 0.198. The molecule has 2 rings (SSSR count). The third-order valence-electron chi connectivity index (χ3n) is 4.19. The molecule has 0 radical (unpaired) electrons. The Morgan fingerprint density at radius 1 is 1.35 bits per heavy atom. The second kappa shape index (κ2) is 7.04. The van der Waals surface area contributed by atoms with E-state index in [0.29, 0.717) is 12.1 Å². The number of rotatable bonds is 5. The molecule has 4 heteroatoms. The highest BCUT2D eigenvalue weighted by Gasteiger charge is 2.26. The average Bonchev–Trinajstić information content (AvgIpc) is 2.47. The third kappa shape index (κ3) is 3.49. The second-order valence-electron chi connectivity index (χ2n) is 5.46. The first-order valence-corrected chi connectivity index (χ1v) is 7.47. The standard InChI is InChI=1S/C16H25FN2O/c1-4-14-11-19(15(5-2)9-18-14)10-12-8-13(17)6-7-16(12)20-3/h6-8,14-15,18H,4-5,9-11H2,1-3H3. The SMILES string of the molecule is CCC1CN(Cc2cc(F)ccc2OC)C(CC)CN1. The normalized spacial score (nSPS) is 23.8. The fourth-order valence-electron chi connectivity index (χ4n) is 2.89. The fourth-order valence-corrected chi connectivity index (χ4v) is 2.89. The Balaban J connectivity index is 2.15. The van der Waals surface area contributed by atoms with Gasteiger partial charge in [0.15, 0.2) is 0 Å². The van der Waals surface area contributed by atoms with Gasteiger partial charge in [-0.25, -0.2) is 4.39 Å². The molecule has 2 unspecified atom stereocenters. The molecule has 1 heterocycles. The largest absolute Gasteiger partial charge is 0.496 e. The van der Waals surface area contributed by atoms with Gasteiger partial charge < -0.3 is 10.1 Å². The van der Waals surface area contributed by atoms with Crippen LogP contribution in [-0.2, 0) is 6.54 Å². The van der Waals surface area contributed by atoms with Crippen molar-refractivity contribution in [2.75, 3.05) is 20.2 Å². The van der Waals surface area contributed by atoms with Gasteiger partial charge in [0.2, 0.25) is 0 Å². The zero-order valence-electron chi connectivity index (χ0n) is 12.7. The van der Waals surface area contributed by atoms with Crippen molar-refractivity contribution >= 4 is 0 Å². The summed E-state index contributed by atoms with van der Waals surface area (Å²) in [5.74, 6) is 0.573. The molecule has 0 aromatic heterocycles. The highest BCUT2D eigenvalue weighted by Crippen LogP contribution is 2.24. The summed E-state index contributed by atoms with van der Waals surface area (Å²) in [6.07, 6.45) is 2.22. The van der Waals surface area contributed by atoms with E-state index in [4.69, 9.17) is 4.74 Å². The molecule has 3 nitrogen and oxygen atoms in total. The summed E-state index contributed by atoms with van der Waals surface area (Å²) >= 11 is 0. The first-order valence-electron chi connectivity index (χ1n) is 7.47. The molecule has 1 aromatic carbocycles. The maximum Gasteiger partial charge on any atom is 0.123 e. The van der Waals surface area contributed by atoms with E-state index in [-0.39, 0.29) is 5.82 Å². The lowest BCUT2D eigenvalue weighted by Gasteiger charge is -2.40. The first-order chi connectivity index (χ1) is 9.67. The van der Waals surface area contributed by atoms with Crippen molar-refractivity contribution in [2.45, 2.75) is 45.3 Å². The molecule has 1 aliphatic heterocycles. The molecule has 1 fully saturated rings. The number of piperazine rings is 1. The van der Waals surface area contributed by atoms with Gasteiger partial charge >= 0.3 is 0 Å². The van der Waals surface area contributed by atoms with Crippen molar-refractivity contribution in [1.29, 1.82) is 0 Å². The number of nitrogens with one attached hydrogen (secondary N) is 1. The van der Waals surface area contributed by atoms with Gasteiger partial charge in [-0.05, 0) is 31.0 Å². The molecule has 1 aromatic rings. The Hall–Kier alpha value is -1.13. The van der Waals surface area contributed by atoms with E-state index in [1.807, 2.05) is 0 Å². The molecule has 1 aliphatic rings. The van der Waals surface area contributed by atoms with Crippen molar-refractivity contribution in [2.24, 2.45) is 0 Å². The zero-order chi connectivity index (χ0) is 14.5. The van der Waals surface area contributed by atoms with Crippen molar-refractivity contribution in [3.05, 3.63) is 29.6 Å². The summed E-state index contributed by atoms with van der Waals surface area (Å²) < 4.78 is 18.8. The van der Waals surface area contributed by atoms with Crippen molar-refractivity contribution in [3.8, 4) is 5.75 Å². The molecule has 112 valence electrons. The average molecular weight is 280 g/mol. The lowest BCUT2D eigenvalue weighted by Crippen LogP contribution is -2.55. The minimum atomic E-state index is -0.198. The second-order valence-corrected chi connectivity index (χ2v) is 5.46. The Morgan fingerprint density at radius 3 is 2.80 bits per heavy atom. The number of benzene rings is 1. The van der Waals surface area contributed by atoms with Crippen LogP contribution in [0.2, 0.25) is 0 Å². The van der Waals surface area contributed by atoms with Gasteiger partial charge in [-0.3, -0.25) is 4.90 Å². The van der Waals surface area contributed by atoms with E-state index >= 15 is 0 Å². The third-order valence-corrected chi connectivity index (χ3v) is 4.19. The van der Waals surface area contributed by atoms with E-state index < -0.39 is 0 Å². The van der Waals surface area contributed by atoms with Crippen LogP contribution in [0, 0.1) is 5.82 Å². The van der Waals surface area contributed by atoms with E-state index in [9.17, 15) is 4.39 Å². The Morgan fingerprint density at radius 2 is 2.15 bits per heavy atom. The van der Waals surface area contributed by atoms with Crippen LogP contribution in [-0.4, -0.2) is 37.2 Å². The highest BCUT2D eigenvalue weighted by atomic mass is 19.1. The molecule has 1 N–H and O–H groups in total. The predicted octanol–water partition coefficient (Wildman–Crippen LogP) is 2.80. The van der Waals surface area contributed by atoms with E-state index in [0.717, 1.165) is 43.8 Å². The summed E-state index contributed by atoms with van der Waals surface area (Å²) in [7, 11) is 1.64. The quantitative estimate of drug-likeness (QED) is 0.897. The number of ether oxygens (including phenoxy) is 1. The molecular weight excluding hydrogens is 255 g/mol. The molecular formula is C16H25FN2O. The molecule has 2 atom stereocenters. The summed E-state index contributed by atoms with van der Waals surface area (Å²) in [5, 5.41) is 3.58. The molecule has 0 bridgehead atoms. The molecule has 0 amide bonds. The van der Waals surface area contributed by atoms with Gasteiger partial charge in [0, 0.05) is 37.3 Å². The maximum absolute atomic E-state index is 13.5. The van der Waals surface area contributed by atoms with Crippen LogP contribution in [0.15, 0.2) is 18.2 Å². The topological polar surface area (TPSA) is 24.5 Å². The van der Waals surface area contributed by atoms with Crippen LogP contribution in [0.5, 0.6) is 5.75 Å². The molecule has 0 spiro atoms. The van der Waals surface area contributed by atoms with Gasteiger partial charge in [0.05, 0.1) is 7.11 Å². The number of methoxy groups -OCH3 is 1. The summed E-state index contributed by atoms with van der Waals surface area (Å²) in [6, 6.07) is 5.79. The zero-order valence-corrected chi connectivity index (χ0v) is 12.7. The Bertz CT molecular complexity index is 438. The molecule has 0 aliphatic carbocycles. The van der Waals surface area contributed by atoms with Crippen molar-refractivity contribution in [1.82, 2.24) is 10.2 Å². The lowest BCUT2D eigenvalue weighted by atomic mass is 10.0. The van der Waals surface area contributed by atoms with Gasteiger partial charge in [-0.15, -0.1) is 0 Å². The summed E-state index contributed by atoms with van der Waals surface area (Å²) in [4.78, 5) is 2.45. The molecule has 1 saturated heterocycles.